The molecule has 0 heterocycles. The second-order valence-corrected chi connectivity index (χ2v) is 16.0. The van der Waals surface area contributed by atoms with Gasteiger partial charge in [0.2, 0.25) is 9.84 Å². The van der Waals surface area contributed by atoms with E-state index in [1.807, 2.05) is 97.9 Å². The van der Waals surface area contributed by atoms with E-state index in [1.54, 1.807) is 35.7 Å². The van der Waals surface area contributed by atoms with E-state index in [9.17, 15) is 8.42 Å². The third kappa shape index (κ3) is 11.1. The molecule has 0 fully saturated rings. The SMILES string of the molecule is [C-]#[N+]/C(=C\[C@H](OCc1ccccc1)[C@H](OCc1ccccc1)[C@@H](OCc1ccccc1)C(SCC)SCC)S(=O)(=O)c1ccc(C)cc1. The number of hydrogen-bond donors (Lipinski definition) is 0. The van der Waals surface area contributed by atoms with Crippen molar-refractivity contribution in [1.29, 1.82) is 0 Å². The maximum absolute atomic E-state index is 13.9. The van der Waals surface area contributed by atoms with Crippen LogP contribution in [0.1, 0.15) is 36.1 Å². The largest absolute Gasteiger partial charge is 0.369 e. The van der Waals surface area contributed by atoms with Crippen molar-refractivity contribution in [2.45, 2.75) is 68.4 Å². The van der Waals surface area contributed by atoms with Gasteiger partial charge in [0.15, 0.2) is 0 Å². The minimum absolute atomic E-state index is 0.0525. The Morgan fingerprint density at radius 3 is 1.56 bits per heavy atom. The zero-order valence-electron chi connectivity index (χ0n) is 27.6. The lowest BCUT2D eigenvalue weighted by molar-refractivity contribution is -0.133. The van der Waals surface area contributed by atoms with Crippen molar-refractivity contribution in [2.75, 3.05) is 11.5 Å². The van der Waals surface area contributed by atoms with Gasteiger partial charge in [-0.1, -0.05) is 123 Å². The van der Waals surface area contributed by atoms with E-state index in [-0.39, 0.29) is 22.7 Å². The Balaban J connectivity index is 1.84. The molecule has 6 nitrogen and oxygen atoms in total. The normalized spacial score (nSPS) is 13.9. The van der Waals surface area contributed by atoms with Crippen LogP contribution in [0, 0.1) is 13.5 Å². The molecule has 0 spiro atoms. The molecule has 3 atom stereocenters. The summed E-state index contributed by atoms with van der Waals surface area (Å²) < 4.78 is 47.8. The molecule has 0 bridgehead atoms. The van der Waals surface area contributed by atoms with Crippen LogP contribution in [-0.2, 0) is 43.9 Å². The Morgan fingerprint density at radius 2 is 1.12 bits per heavy atom. The molecular weight excluding hydrogens is 659 g/mol. The van der Waals surface area contributed by atoms with Crippen molar-refractivity contribution < 1.29 is 22.6 Å². The number of rotatable bonds is 19. The van der Waals surface area contributed by atoms with E-state index in [0.29, 0.717) is 6.61 Å². The summed E-state index contributed by atoms with van der Waals surface area (Å²) in [5.41, 5.74) is 3.79. The van der Waals surface area contributed by atoms with Gasteiger partial charge in [0.1, 0.15) is 12.2 Å². The molecule has 0 aliphatic carbocycles. The Bertz CT molecular complexity index is 1690. The minimum Gasteiger partial charge on any atom is -0.369 e. The van der Waals surface area contributed by atoms with Crippen LogP contribution in [0.2, 0.25) is 0 Å². The van der Waals surface area contributed by atoms with Gasteiger partial charge in [0.05, 0.1) is 42.0 Å². The summed E-state index contributed by atoms with van der Waals surface area (Å²) in [6, 6.07) is 36.0. The molecule has 4 aromatic rings. The monoisotopic (exact) mass is 701 g/mol. The first-order valence-electron chi connectivity index (χ1n) is 16.0. The highest BCUT2D eigenvalue weighted by molar-refractivity contribution is 8.17. The van der Waals surface area contributed by atoms with E-state index >= 15 is 0 Å². The molecule has 4 aromatic carbocycles. The molecule has 0 amide bonds. The van der Waals surface area contributed by atoms with Gasteiger partial charge in [-0.25, -0.2) is 13.3 Å². The van der Waals surface area contributed by atoms with E-state index in [0.717, 1.165) is 33.8 Å². The fourth-order valence-electron chi connectivity index (χ4n) is 4.97. The first-order valence-corrected chi connectivity index (χ1v) is 19.5. The van der Waals surface area contributed by atoms with Crippen LogP contribution in [0.4, 0.5) is 0 Å². The van der Waals surface area contributed by atoms with Crippen molar-refractivity contribution in [1.82, 2.24) is 0 Å². The van der Waals surface area contributed by atoms with E-state index in [1.165, 1.54) is 18.2 Å². The quantitative estimate of drug-likeness (QED) is 0.0714. The smallest absolute Gasteiger partial charge is 0.281 e. The first kappa shape index (κ1) is 37.5. The van der Waals surface area contributed by atoms with Crippen LogP contribution in [0.15, 0.2) is 131 Å². The standard InChI is InChI=1S/C39H43NO5S3/c1-5-46-39(47-6-2)38(45-29-33-20-14-9-15-21-33)37(44-28-32-18-12-8-13-19-32)35(43-27-31-16-10-7-11-17-31)26-36(40-4)48(41,42)34-24-22-30(3)23-25-34/h7-26,35,37-39H,5-6,27-29H2,1-3H3/b36-26+/t35-,37-,38+/m0/s1. The van der Waals surface area contributed by atoms with Gasteiger partial charge >= 0.3 is 0 Å². The molecule has 252 valence electrons. The number of thioether (sulfide) groups is 2. The maximum atomic E-state index is 13.9. The van der Waals surface area contributed by atoms with Crippen LogP contribution in [-0.4, -0.2) is 42.8 Å². The van der Waals surface area contributed by atoms with Gasteiger partial charge in [-0.3, -0.25) is 0 Å². The van der Waals surface area contributed by atoms with Gasteiger partial charge in [-0.05, 0) is 53.3 Å². The lowest BCUT2D eigenvalue weighted by Gasteiger charge is -2.36. The number of nitrogens with zero attached hydrogens (tertiary/aromatic N) is 1. The molecular formula is C39H43NO5S3. The van der Waals surface area contributed by atoms with Crippen molar-refractivity contribution in [3.8, 4) is 0 Å². The minimum atomic E-state index is -4.15. The molecule has 0 saturated heterocycles. The summed E-state index contributed by atoms with van der Waals surface area (Å²) in [5.74, 6) is 1.68. The fourth-order valence-corrected chi connectivity index (χ4v) is 8.85. The van der Waals surface area contributed by atoms with Gasteiger partial charge in [-0.15, -0.1) is 23.5 Å². The molecule has 0 N–H and O–H groups in total. The highest BCUT2D eigenvalue weighted by Crippen LogP contribution is 2.35. The molecule has 0 saturated carbocycles. The Hall–Kier alpha value is -3.36. The summed E-state index contributed by atoms with van der Waals surface area (Å²) >= 11 is 3.51. The zero-order chi connectivity index (χ0) is 34.2. The molecule has 48 heavy (non-hydrogen) atoms. The molecule has 9 heteroatoms. The van der Waals surface area contributed by atoms with Gasteiger partial charge in [-0.2, -0.15) is 0 Å². The molecule has 0 unspecified atom stereocenters. The average Bonchev–Trinajstić information content (AvgIpc) is 3.11. The Kier molecular flexibility index (Phi) is 15.3. The highest BCUT2D eigenvalue weighted by Gasteiger charge is 2.38. The van der Waals surface area contributed by atoms with Crippen molar-refractivity contribution in [2.24, 2.45) is 0 Å². The van der Waals surface area contributed by atoms with Gasteiger partial charge in [0, 0.05) is 0 Å². The molecule has 0 aromatic heterocycles. The lowest BCUT2D eigenvalue weighted by Crippen LogP contribution is -2.46. The summed E-state index contributed by atoms with van der Waals surface area (Å²) in [6.07, 6.45) is -0.832. The molecule has 0 aliphatic heterocycles. The number of aryl methyl sites for hydroxylation is 1. The third-order valence-electron chi connectivity index (χ3n) is 7.46. The van der Waals surface area contributed by atoms with E-state index < -0.39 is 33.2 Å². The number of ether oxygens (including phenoxy) is 3. The van der Waals surface area contributed by atoms with Crippen molar-refractivity contribution in [3.63, 3.8) is 0 Å². The highest BCUT2D eigenvalue weighted by atomic mass is 32.2. The second kappa shape index (κ2) is 19.6. The fraction of sp³-hybridized carbons (Fsp3) is 0.308. The molecule has 4 rings (SSSR count). The zero-order valence-corrected chi connectivity index (χ0v) is 30.1. The summed E-state index contributed by atoms with van der Waals surface area (Å²) in [4.78, 5) is 3.61. The Morgan fingerprint density at radius 1 is 0.688 bits per heavy atom. The van der Waals surface area contributed by atoms with Crippen molar-refractivity contribution >= 4 is 33.4 Å². The topological polar surface area (TPSA) is 66.2 Å². The molecule has 0 aliphatic rings. The summed E-state index contributed by atoms with van der Waals surface area (Å²) in [5, 5.41) is -0.414. The first-order chi connectivity index (χ1) is 23.3. The predicted molar refractivity (Wildman–Crippen MR) is 198 cm³/mol. The summed E-state index contributed by atoms with van der Waals surface area (Å²) in [7, 11) is -4.15. The average molecular weight is 702 g/mol. The van der Waals surface area contributed by atoms with Crippen LogP contribution in [0.25, 0.3) is 4.85 Å². The van der Waals surface area contributed by atoms with Crippen LogP contribution >= 0.6 is 23.5 Å². The number of sulfone groups is 1. The second-order valence-electron chi connectivity index (χ2n) is 11.0. The Labute approximate surface area is 294 Å². The third-order valence-corrected chi connectivity index (χ3v) is 11.8. The predicted octanol–water partition coefficient (Wildman–Crippen LogP) is 9.12. The maximum Gasteiger partial charge on any atom is 0.281 e. The molecule has 0 radical (unpaired) electrons. The van der Waals surface area contributed by atoms with E-state index in [4.69, 9.17) is 20.8 Å². The van der Waals surface area contributed by atoms with Gasteiger partial charge in [0.25, 0.3) is 5.03 Å². The van der Waals surface area contributed by atoms with Crippen LogP contribution in [0.5, 0.6) is 0 Å². The van der Waals surface area contributed by atoms with Crippen LogP contribution in [0.3, 0.4) is 0 Å². The number of hydrogen-bond acceptors (Lipinski definition) is 7. The number of benzene rings is 4. The summed E-state index contributed by atoms with van der Waals surface area (Å²) in [6.45, 7) is 14.9. The van der Waals surface area contributed by atoms with E-state index in [2.05, 4.69) is 18.7 Å². The lowest BCUT2D eigenvalue weighted by atomic mass is 10.1. The van der Waals surface area contributed by atoms with Crippen molar-refractivity contribution in [3.05, 3.63) is 160 Å². The van der Waals surface area contributed by atoms with Gasteiger partial charge < -0.3 is 14.2 Å². The van der Waals surface area contributed by atoms with Crippen LogP contribution < -0.4 is 0 Å².